The highest BCUT2D eigenvalue weighted by atomic mass is 19.1. The Hall–Kier alpha value is -1.98. The number of nitro benzene ring substituents is 1. The van der Waals surface area contributed by atoms with Crippen LogP contribution in [0.2, 0.25) is 0 Å². The van der Waals surface area contributed by atoms with Crippen molar-refractivity contribution in [2.75, 3.05) is 6.54 Å². The molecule has 1 aromatic carbocycles. The average molecular weight is 252 g/mol. The van der Waals surface area contributed by atoms with Crippen molar-refractivity contribution in [1.82, 2.24) is 5.32 Å². The number of benzene rings is 1. The molecule has 0 aliphatic heterocycles. The van der Waals surface area contributed by atoms with Crippen molar-refractivity contribution in [2.45, 2.75) is 19.8 Å². The molecular weight excluding hydrogens is 239 g/mol. The fraction of sp³-hybridized carbons (Fsp3) is 0.417. The molecule has 0 radical (unpaired) electrons. The van der Waals surface area contributed by atoms with E-state index < -0.39 is 22.3 Å². The second kappa shape index (κ2) is 4.36. The summed E-state index contributed by atoms with van der Waals surface area (Å²) >= 11 is 0. The summed E-state index contributed by atoms with van der Waals surface area (Å²) in [4.78, 5) is 21.3. The first-order valence-electron chi connectivity index (χ1n) is 5.63. The molecular formula is C12H13FN2O3. The highest BCUT2D eigenvalue weighted by molar-refractivity contribution is 5.94. The lowest BCUT2D eigenvalue weighted by Crippen LogP contribution is -2.29. The normalized spacial score (nSPS) is 16.1. The highest BCUT2D eigenvalue weighted by Crippen LogP contribution is 2.44. The minimum absolute atomic E-state index is 0.0994. The molecule has 0 aromatic heterocycles. The second-order valence-corrected chi connectivity index (χ2v) is 4.92. The molecule has 2 rings (SSSR count). The number of carbonyl (C=O) groups excluding carboxylic acids is 1. The first-order valence-corrected chi connectivity index (χ1v) is 5.63. The van der Waals surface area contributed by atoms with Gasteiger partial charge in [-0.1, -0.05) is 6.92 Å². The molecule has 0 spiro atoms. The van der Waals surface area contributed by atoms with Gasteiger partial charge in [0, 0.05) is 18.2 Å². The summed E-state index contributed by atoms with van der Waals surface area (Å²) < 4.78 is 13.3. The van der Waals surface area contributed by atoms with Gasteiger partial charge in [0.05, 0.1) is 4.92 Å². The van der Waals surface area contributed by atoms with Crippen LogP contribution in [0.1, 0.15) is 30.1 Å². The van der Waals surface area contributed by atoms with Gasteiger partial charge in [-0.25, -0.2) is 0 Å². The summed E-state index contributed by atoms with van der Waals surface area (Å²) in [7, 11) is 0. The van der Waals surface area contributed by atoms with E-state index in [1.807, 2.05) is 0 Å². The molecule has 1 aromatic rings. The van der Waals surface area contributed by atoms with E-state index in [9.17, 15) is 19.3 Å². The van der Waals surface area contributed by atoms with Crippen LogP contribution in [0.4, 0.5) is 10.1 Å². The molecule has 5 nitrogen and oxygen atoms in total. The maximum Gasteiger partial charge on any atom is 0.304 e. The summed E-state index contributed by atoms with van der Waals surface area (Å²) in [5.74, 6) is -1.40. The van der Waals surface area contributed by atoms with Crippen LogP contribution in [0, 0.1) is 21.3 Å². The van der Waals surface area contributed by atoms with Crippen LogP contribution in [0.3, 0.4) is 0 Å². The predicted octanol–water partition coefficient (Wildman–Crippen LogP) is 2.26. The monoisotopic (exact) mass is 252 g/mol. The SMILES string of the molecule is CC1(CNC(=O)c2ccc([N+](=O)[O-])c(F)c2)CC1. The molecule has 1 saturated carbocycles. The van der Waals surface area contributed by atoms with E-state index in [1.54, 1.807) is 0 Å². The standard InChI is InChI=1S/C12H13FN2O3/c1-12(4-5-12)7-14-11(16)8-2-3-10(15(17)18)9(13)6-8/h2-3,6H,4-5,7H2,1H3,(H,14,16). The van der Waals surface area contributed by atoms with Gasteiger partial charge < -0.3 is 5.32 Å². The van der Waals surface area contributed by atoms with Crippen molar-refractivity contribution in [1.29, 1.82) is 0 Å². The van der Waals surface area contributed by atoms with E-state index in [0.717, 1.165) is 25.0 Å². The topological polar surface area (TPSA) is 72.2 Å². The lowest BCUT2D eigenvalue weighted by atomic mass is 10.1. The Bertz CT molecular complexity index is 512. The average Bonchev–Trinajstić information content (AvgIpc) is 3.04. The first kappa shape index (κ1) is 12.5. The summed E-state index contributed by atoms with van der Waals surface area (Å²) in [6.07, 6.45) is 2.14. The minimum Gasteiger partial charge on any atom is -0.351 e. The molecule has 0 atom stereocenters. The van der Waals surface area contributed by atoms with Gasteiger partial charge >= 0.3 is 5.69 Å². The zero-order chi connectivity index (χ0) is 13.3. The fourth-order valence-corrected chi connectivity index (χ4v) is 1.58. The van der Waals surface area contributed by atoms with Crippen LogP contribution in [0.25, 0.3) is 0 Å². The van der Waals surface area contributed by atoms with Crippen molar-refractivity contribution >= 4 is 11.6 Å². The number of nitro groups is 1. The molecule has 0 saturated heterocycles. The quantitative estimate of drug-likeness (QED) is 0.660. The Morgan fingerprint density at radius 1 is 1.56 bits per heavy atom. The largest absolute Gasteiger partial charge is 0.351 e. The van der Waals surface area contributed by atoms with E-state index in [1.165, 1.54) is 6.07 Å². The molecule has 1 N–H and O–H groups in total. The molecule has 96 valence electrons. The summed E-state index contributed by atoms with van der Waals surface area (Å²) in [5, 5.41) is 13.1. The van der Waals surface area contributed by atoms with Gasteiger partial charge in [-0.2, -0.15) is 4.39 Å². The zero-order valence-corrected chi connectivity index (χ0v) is 9.90. The van der Waals surface area contributed by atoms with E-state index in [2.05, 4.69) is 12.2 Å². The van der Waals surface area contributed by atoms with E-state index in [-0.39, 0.29) is 11.0 Å². The van der Waals surface area contributed by atoms with Crippen LogP contribution in [-0.4, -0.2) is 17.4 Å². The molecule has 0 bridgehead atoms. The minimum atomic E-state index is -0.995. The van der Waals surface area contributed by atoms with Crippen molar-refractivity contribution in [3.05, 3.63) is 39.7 Å². The summed E-state index contributed by atoms with van der Waals surface area (Å²) in [6.45, 7) is 2.61. The molecule has 6 heteroatoms. The zero-order valence-electron chi connectivity index (χ0n) is 9.90. The number of carbonyl (C=O) groups is 1. The first-order chi connectivity index (χ1) is 8.41. The van der Waals surface area contributed by atoms with Gasteiger partial charge in [0.1, 0.15) is 0 Å². The summed E-state index contributed by atoms with van der Waals surface area (Å²) in [6, 6.07) is 3.15. The number of nitrogens with one attached hydrogen (secondary N) is 1. The number of hydrogen-bond donors (Lipinski definition) is 1. The third-order valence-corrected chi connectivity index (χ3v) is 3.19. The van der Waals surface area contributed by atoms with Gasteiger partial charge in [0.15, 0.2) is 0 Å². The number of nitrogens with zero attached hydrogens (tertiary/aromatic N) is 1. The molecule has 1 amide bonds. The Morgan fingerprint density at radius 3 is 2.72 bits per heavy atom. The Balaban J connectivity index is 2.06. The van der Waals surface area contributed by atoms with Gasteiger partial charge in [-0.3, -0.25) is 14.9 Å². The number of halogens is 1. The summed E-state index contributed by atoms with van der Waals surface area (Å²) in [5.41, 5.74) is -0.363. The lowest BCUT2D eigenvalue weighted by molar-refractivity contribution is -0.387. The maximum absolute atomic E-state index is 13.3. The van der Waals surface area contributed by atoms with Crippen molar-refractivity contribution in [2.24, 2.45) is 5.41 Å². The van der Waals surface area contributed by atoms with Crippen molar-refractivity contribution in [3.63, 3.8) is 0 Å². The van der Waals surface area contributed by atoms with Gasteiger partial charge in [0.2, 0.25) is 5.82 Å². The Kier molecular flexibility index (Phi) is 3.02. The third-order valence-electron chi connectivity index (χ3n) is 3.19. The molecule has 1 aliphatic carbocycles. The van der Waals surface area contributed by atoms with Crippen LogP contribution in [0.5, 0.6) is 0 Å². The van der Waals surface area contributed by atoms with Gasteiger partial charge in [-0.15, -0.1) is 0 Å². The lowest BCUT2D eigenvalue weighted by Gasteiger charge is -2.09. The van der Waals surface area contributed by atoms with Gasteiger partial charge in [0.25, 0.3) is 5.91 Å². The molecule has 1 fully saturated rings. The Labute approximate surface area is 103 Å². The smallest absolute Gasteiger partial charge is 0.304 e. The van der Waals surface area contributed by atoms with Crippen molar-refractivity contribution in [3.8, 4) is 0 Å². The second-order valence-electron chi connectivity index (χ2n) is 4.92. The maximum atomic E-state index is 13.3. The molecule has 1 aliphatic rings. The van der Waals surface area contributed by atoms with Crippen LogP contribution in [-0.2, 0) is 0 Å². The number of rotatable bonds is 4. The molecule has 0 heterocycles. The van der Waals surface area contributed by atoms with E-state index in [4.69, 9.17) is 0 Å². The highest BCUT2D eigenvalue weighted by Gasteiger charge is 2.37. The van der Waals surface area contributed by atoms with Crippen LogP contribution >= 0.6 is 0 Å². The van der Waals surface area contributed by atoms with Crippen molar-refractivity contribution < 1.29 is 14.1 Å². The third kappa shape index (κ3) is 2.64. The molecule has 0 unspecified atom stereocenters. The fourth-order valence-electron chi connectivity index (χ4n) is 1.58. The van der Waals surface area contributed by atoms with Crippen LogP contribution < -0.4 is 5.32 Å². The van der Waals surface area contributed by atoms with E-state index >= 15 is 0 Å². The molecule has 18 heavy (non-hydrogen) atoms. The van der Waals surface area contributed by atoms with Crippen LogP contribution in [0.15, 0.2) is 18.2 Å². The van der Waals surface area contributed by atoms with E-state index in [0.29, 0.717) is 6.54 Å². The number of amides is 1. The Morgan fingerprint density at radius 2 is 2.22 bits per heavy atom. The van der Waals surface area contributed by atoms with Gasteiger partial charge in [-0.05, 0) is 30.4 Å². The number of hydrogen-bond acceptors (Lipinski definition) is 3. The predicted molar refractivity (Wildman–Crippen MR) is 62.7 cm³/mol.